The number of rotatable bonds is 2. The summed E-state index contributed by atoms with van der Waals surface area (Å²) in [5.41, 5.74) is 1.75. The highest BCUT2D eigenvalue weighted by molar-refractivity contribution is 5.48. The second kappa shape index (κ2) is 7.11. The standard InChI is InChI=1S/C19H19FN2/c20-18-10-4-5-11-19(18)22-15-13-21(14-16-22)12-6-9-17-7-2-1-3-8-17/h1-5,7-8,10-11H,12-16H2. The molecule has 22 heavy (non-hydrogen) atoms. The molecule has 2 aromatic carbocycles. The number of benzene rings is 2. The minimum Gasteiger partial charge on any atom is -0.367 e. The molecule has 0 N–H and O–H groups in total. The van der Waals surface area contributed by atoms with Crippen LogP contribution in [0.25, 0.3) is 0 Å². The molecule has 0 saturated carbocycles. The molecule has 0 spiro atoms. The van der Waals surface area contributed by atoms with Crippen LogP contribution in [0.3, 0.4) is 0 Å². The van der Waals surface area contributed by atoms with Gasteiger partial charge in [0.25, 0.3) is 0 Å². The number of nitrogens with zero attached hydrogens (tertiary/aromatic N) is 2. The predicted molar refractivity (Wildman–Crippen MR) is 88.4 cm³/mol. The van der Waals surface area contributed by atoms with Crippen LogP contribution < -0.4 is 4.90 Å². The molecule has 1 aliphatic rings. The van der Waals surface area contributed by atoms with Gasteiger partial charge in [0.1, 0.15) is 5.82 Å². The quantitative estimate of drug-likeness (QED) is 0.786. The van der Waals surface area contributed by atoms with Gasteiger partial charge in [-0.15, -0.1) is 0 Å². The van der Waals surface area contributed by atoms with Gasteiger partial charge in [-0.25, -0.2) is 4.39 Å². The van der Waals surface area contributed by atoms with Gasteiger partial charge in [0.2, 0.25) is 0 Å². The molecule has 0 unspecified atom stereocenters. The summed E-state index contributed by atoms with van der Waals surface area (Å²) in [5, 5.41) is 0. The third-order valence-corrected chi connectivity index (χ3v) is 3.87. The molecule has 2 aromatic rings. The highest BCUT2D eigenvalue weighted by atomic mass is 19.1. The van der Waals surface area contributed by atoms with Crippen molar-refractivity contribution < 1.29 is 4.39 Å². The van der Waals surface area contributed by atoms with Crippen molar-refractivity contribution in [3.05, 3.63) is 66.0 Å². The van der Waals surface area contributed by atoms with Crippen LogP contribution in [-0.4, -0.2) is 37.6 Å². The number of anilines is 1. The van der Waals surface area contributed by atoms with Crippen molar-refractivity contribution in [3.8, 4) is 11.8 Å². The molecule has 0 bridgehead atoms. The minimum absolute atomic E-state index is 0.139. The SMILES string of the molecule is Fc1ccccc1N1CCN(CC#Cc2ccccc2)CC1. The van der Waals surface area contributed by atoms with Crippen molar-refractivity contribution >= 4 is 5.69 Å². The third-order valence-electron chi connectivity index (χ3n) is 3.87. The number of hydrogen-bond acceptors (Lipinski definition) is 2. The van der Waals surface area contributed by atoms with Gasteiger partial charge in [-0.05, 0) is 24.3 Å². The molecular formula is C19H19FN2. The first-order chi connectivity index (χ1) is 10.8. The summed E-state index contributed by atoms with van der Waals surface area (Å²) in [6.45, 7) is 4.28. The van der Waals surface area contributed by atoms with Crippen molar-refractivity contribution in [2.75, 3.05) is 37.6 Å². The van der Waals surface area contributed by atoms with Crippen molar-refractivity contribution in [2.24, 2.45) is 0 Å². The van der Waals surface area contributed by atoms with Gasteiger partial charge in [0.15, 0.2) is 0 Å². The first-order valence-electron chi connectivity index (χ1n) is 7.59. The summed E-state index contributed by atoms with van der Waals surface area (Å²) in [5.74, 6) is 6.26. The van der Waals surface area contributed by atoms with Crippen molar-refractivity contribution in [3.63, 3.8) is 0 Å². The topological polar surface area (TPSA) is 6.48 Å². The first-order valence-corrected chi connectivity index (χ1v) is 7.59. The van der Waals surface area contributed by atoms with Gasteiger partial charge in [0.05, 0.1) is 12.2 Å². The van der Waals surface area contributed by atoms with E-state index < -0.39 is 0 Å². The highest BCUT2D eigenvalue weighted by Crippen LogP contribution is 2.19. The highest BCUT2D eigenvalue weighted by Gasteiger charge is 2.18. The molecule has 3 rings (SSSR count). The Morgan fingerprint density at radius 3 is 2.27 bits per heavy atom. The molecular weight excluding hydrogens is 275 g/mol. The van der Waals surface area contributed by atoms with Crippen LogP contribution in [0.2, 0.25) is 0 Å². The van der Waals surface area contributed by atoms with Crippen LogP contribution in [0, 0.1) is 17.7 Å². The molecule has 0 aliphatic carbocycles. The maximum Gasteiger partial charge on any atom is 0.146 e. The Bertz CT molecular complexity index is 665. The largest absolute Gasteiger partial charge is 0.367 e. The molecule has 1 aliphatic heterocycles. The number of hydrogen-bond donors (Lipinski definition) is 0. The van der Waals surface area contributed by atoms with Gasteiger partial charge in [-0.2, -0.15) is 0 Å². The minimum atomic E-state index is -0.139. The summed E-state index contributed by atoms with van der Waals surface area (Å²) >= 11 is 0. The maximum atomic E-state index is 13.8. The summed E-state index contributed by atoms with van der Waals surface area (Å²) < 4.78 is 13.8. The molecule has 0 radical (unpaired) electrons. The van der Waals surface area contributed by atoms with E-state index in [0.29, 0.717) is 5.69 Å². The summed E-state index contributed by atoms with van der Waals surface area (Å²) in [7, 11) is 0. The lowest BCUT2D eigenvalue weighted by molar-refractivity contribution is 0.287. The van der Waals surface area contributed by atoms with E-state index in [1.54, 1.807) is 6.07 Å². The Morgan fingerprint density at radius 1 is 0.864 bits per heavy atom. The van der Waals surface area contributed by atoms with E-state index in [1.165, 1.54) is 6.07 Å². The normalized spacial score (nSPS) is 15.2. The van der Waals surface area contributed by atoms with Crippen molar-refractivity contribution in [1.29, 1.82) is 0 Å². The van der Waals surface area contributed by atoms with Gasteiger partial charge in [-0.1, -0.05) is 42.2 Å². The van der Waals surface area contributed by atoms with Gasteiger partial charge >= 0.3 is 0 Å². The second-order valence-corrected chi connectivity index (χ2v) is 5.38. The molecule has 112 valence electrons. The molecule has 0 aromatic heterocycles. The molecule has 0 atom stereocenters. The maximum absolute atomic E-state index is 13.8. The molecule has 3 heteroatoms. The van der Waals surface area contributed by atoms with Gasteiger partial charge in [-0.3, -0.25) is 4.90 Å². The fourth-order valence-electron chi connectivity index (χ4n) is 2.63. The van der Waals surface area contributed by atoms with E-state index in [9.17, 15) is 4.39 Å². The van der Waals surface area contributed by atoms with Crippen molar-refractivity contribution in [2.45, 2.75) is 0 Å². The Kier molecular flexibility index (Phi) is 4.72. The van der Waals surface area contributed by atoms with Gasteiger partial charge < -0.3 is 4.90 Å². The number of piperazine rings is 1. The lowest BCUT2D eigenvalue weighted by Crippen LogP contribution is -2.46. The van der Waals surface area contributed by atoms with Gasteiger partial charge in [0, 0.05) is 31.7 Å². The zero-order valence-electron chi connectivity index (χ0n) is 12.5. The zero-order valence-corrected chi connectivity index (χ0v) is 12.5. The van der Waals surface area contributed by atoms with Crippen LogP contribution in [0.4, 0.5) is 10.1 Å². The molecule has 0 amide bonds. The Hall–Kier alpha value is -2.31. The number of halogens is 1. The van der Waals surface area contributed by atoms with E-state index in [0.717, 1.165) is 38.3 Å². The lowest BCUT2D eigenvalue weighted by atomic mass is 10.2. The van der Waals surface area contributed by atoms with Crippen LogP contribution >= 0.6 is 0 Å². The number of para-hydroxylation sites is 1. The first kappa shape index (κ1) is 14.6. The van der Waals surface area contributed by atoms with Crippen LogP contribution in [0.15, 0.2) is 54.6 Å². The summed E-state index contributed by atoms with van der Waals surface area (Å²) in [6, 6.07) is 17.0. The average molecular weight is 294 g/mol. The monoisotopic (exact) mass is 294 g/mol. The van der Waals surface area contributed by atoms with Crippen molar-refractivity contribution in [1.82, 2.24) is 4.90 Å². The van der Waals surface area contributed by atoms with E-state index in [1.807, 2.05) is 42.5 Å². The lowest BCUT2D eigenvalue weighted by Gasteiger charge is -2.35. The van der Waals surface area contributed by atoms with E-state index >= 15 is 0 Å². The fourth-order valence-corrected chi connectivity index (χ4v) is 2.63. The van der Waals surface area contributed by atoms with E-state index in [4.69, 9.17) is 0 Å². The summed E-state index contributed by atoms with van der Waals surface area (Å²) in [4.78, 5) is 4.42. The van der Waals surface area contributed by atoms with Crippen LogP contribution in [0.1, 0.15) is 5.56 Å². The van der Waals surface area contributed by atoms with E-state index in [2.05, 4.69) is 21.6 Å². The van der Waals surface area contributed by atoms with E-state index in [-0.39, 0.29) is 5.82 Å². The van der Waals surface area contributed by atoms with Crippen LogP contribution in [0.5, 0.6) is 0 Å². The average Bonchev–Trinajstić information content (AvgIpc) is 2.57. The third kappa shape index (κ3) is 3.66. The summed E-state index contributed by atoms with van der Waals surface area (Å²) in [6.07, 6.45) is 0. The molecule has 1 saturated heterocycles. The Balaban J connectivity index is 1.52. The Morgan fingerprint density at radius 2 is 1.55 bits per heavy atom. The van der Waals surface area contributed by atoms with Crippen LogP contribution in [-0.2, 0) is 0 Å². The second-order valence-electron chi connectivity index (χ2n) is 5.38. The molecule has 1 fully saturated rings. The molecule has 1 heterocycles. The predicted octanol–water partition coefficient (Wildman–Crippen LogP) is 3.00. The smallest absolute Gasteiger partial charge is 0.146 e. The fraction of sp³-hybridized carbons (Fsp3) is 0.263. The zero-order chi connectivity index (χ0) is 15.2. The molecule has 2 nitrogen and oxygen atoms in total. The Labute approximate surface area is 131 Å².